The van der Waals surface area contributed by atoms with Crippen molar-refractivity contribution in [1.29, 1.82) is 0 Å². The molecule has 1 aromatic heterocycles. The van der Waals surface area contributed by atoms with Crippen molar-refractivity contribution >= 4 is 0 Å². The Hall–Kier alpha value is -2.54. The van der Waals surface area contributed by atoms with Crippen LogP contribution in [0.1, 0.15) is 5.69 Å². The minimum absolute atomic E-state index is 0.209. The van der Waals surface area contributed by atoms with Gasteiger partial charge < -0.3 is 24.1 Å². The van der Waals surface area contributed by atoms with E-state index in [-0.39, 0.29) is 12.5 Å². The van der Waals surface area contributed by atoms with Crippen LogP contribution in [-0.4, -0.2) is 36.4 Å². The maximum Gasteiger partial charge on any atom is 0.238 e. The van der Waals surface area contributed by atoms with Crippen LogP contribution >= 0.6 is 0 Å². The number of nitrogens with zero attached hydrogens (tertiary/aromatic N) is 2. The van der Waals surface area contributed by atoms with E-state index in [1.165, 1.54) is 33.7 Å². The van der Waals surface area contributed by atoms with E-state index in [0.717, 1.165) is 0 Å². The van der Waals surface area contributed by atoms with Gasteiger partial charge in [-0.25, -0.2) is 4.98 Å². The maximum atomic E-state index is 9.05. The maximum absolute atomic E-state index is 9.05. The number of hydrogen-bond donors (Lipinski definition) is 1. The molecule has 0 atom stereocenters. The average Bonchev–Trinajstić information content (AvgIpc) is 2.53. The zero-order valence-corrected chi connectivity index (χ0v) is 12.0. The second-order valence-corrected chi connectivity index (χ2v) is 3.97. The first-order chi connectivity index (χ1) is 10.2. The molecule has 0 amide bonds. The number of rotatable bonds is 6. The van der Waals surface area contributed by atoms with Crippen LogP contribution in [0.25, 0.3) is 0 Å². The third-order valence-electron chi connectivity index (χ3n) is 2.68. The van der Waals surface area contributed by atoms with Crippen LogP contribution in [-0.2, 0) is 6.61 Å². The Morgan fingerprint density at radius 1 is 1.00 bits per heavy atom. The highest BCUT2D eigenvalue weighted by Crippen LogP contribution is 2.41. The van der Waals surface area contributed by atoms with E-state index in [9.17, 15) is 0 Å². The van der Waals surface area contributed by atoms with Gasteiger partial charge in [-0.05, 0) is 0 Å². The lowest BCUT2D eigenvalue weighted by atomic mass is 10.2. The second-order valence-electron chi connectivity index (χ2n) is 3.97. The first-order valence-corrected chi connectivity index (χ1v) is 6.11. The number of hydrogen-bond acceptors (Lipinski definition) is 7. The predicted octanol–water partition coefficient (Wildman–Crippen LogP) is 1.79. The molecule has 0 unspecified atom stereocenters. The summed E-state index contributed by atoms with van der Waals surface area (Å²) in [5.74, 6) is 2.13. The molecule has 0 bridgehead atoms. The third-order valence-corrected chi connectivity index (χ3v) is 2.68. The largest absolute Gasteiger partial charge is 0.493 e. The third kappa shape index (κ3) is 3.32. The summed E-state index contributed by atoms with van der Waals surface area (Å²) in [6, 6.07) is 3.29. The van der Waals surface area contributed by atoms with E-state index >= 15 is 0 Å². The summed E-state index contributed by atoms with van der Waals surface area (Å²) in [6.45, 7) is -0.209. The Kier molecular flexibility index (Phi) is 4.78. The number of ether oxygens (including phenoxy) is 4. The van der Waals surface area contributed by atoms with E-state index in [1.807, 2.05) is 0 Å². The lowest BCUT2D eigenvalue weighted by Crippen LogP contribution is -1.98. The highest BCUT2D eigenvalue weighted by Gasteiger charge is 2.14. The van der Waals surface area contributed by atoms with Crippen LogP contribution in [0, 0.1) is 0 Å². The predicted molar refractivity (Wildman–Crippen MR) is 74.1 cm³/mol. The van der Waals surface area contributed by atoms with Crippen molar-refractivity contribution in [3.05, 3.63) is 30.2 Å². The molecule has 1 heterocycles. The fourth-order valence-electron chi connectivity index (χ4n) is 1.75. The average molecular weight is 292 g/mol. The molecule has 0 aliphatic carbocycles. The Morgan fingerprint density at radius 2 is 1.67 bits per heavy atom. The molecule has 0 radical (unpaired) electrons. The van der Waals surface area contributed by atoms with Crippen molar-refractivity contribution in [3.63, 3.8) is 0 Å². The van der Waals surface area contributed by atoms with Gasteiger partial charge in [-0.1, -0.05) is 0 Å². The smallest absolute Gasteiger partial charge is 0.238 e. The summed E-state index contributed by atoms with van der Waals surface area (Å²) in [7, 11) is 4.57. The normalized spacial score (nSPS) is 10.1. The summed E-state index contributed by atoms with van der Waals surface area (Å²) in [6.07, 6.45) is 2.91. The van der Waals surface area contributed by atoms with Crippen molar-refractivity contribution < 1.29 is 24.1 Å². The molecule has 0 aliphatic rings. The molecule has 2 rings (SSSR count). The summed E-state index contributed by atoms with van der Waals surface area (Å²) in [4.78, 5) is 8.03. The standard InChI is InChI=1S/C14H16N2O5/c1-18-11-4-10(5-12(19-2)14(11)20-3)21-13-7-15-6-9(8-17)16-13/h4-7,17H,8H2,1-3H3. The van der Waals surface area contributed by atoms with Gasteiger partial charge in [-0.2, -0.15) is 0 Å². The zero-order valence-electron chi connectivity index (χ0n) is 12.0. The van der Waals surface area contributed by atoms with Crippen molar-refractivity contribution in [1.82, 2.24) is 9.97 Å². The van der Waals surface area contributed by atoms with Gasteiger partial charge in [0.05, 0.1) is 46.0 Å². The second kappa shape index (κ2) is 6.76. The Bertz CT molecular complexity index is 593. The van der Waals surface area contributed by atoms with Crippen molar-refractivity contribution in [2.45, 2.75) is 6.61 Å². The fourth-order valence-corrected chi connectivity index (χ4v) is 1.75. The minimum Gasteiger partial charge on any atom is -0.493 e. The van der Waals surface area contributed by atoms with Crippen molar-refractivity contribution in [2.24, 2.45) is 0 Å². The monoisotopic (exact) mass is 292 g/mol. The van der Waals surface area contributed by atoms with E-state index in [2.05, 4.69) is 9.97 Å². The number of aliphatic hydroxyl groups excluding tert-OH is 1. The summed E-state index contributed by atoms with van der Waals surface area (Å²) < 4.78 is 21.3. The van der Waals surface area contributed by atoms with Gasteiger partial charge in [0.1, 0.15) is 5.75 Å². The number of methoxy groups -OCH3 is 3. The molecule has 0 saturated heterocycles. The molecule has 2 aromatic rings. The van der Waals surface area contributed by atoms with Crippen LogP contribution in [0.5, 0.6) is 28.9 Å². The SMILES string of the molecule is COc1cc(Oc2cncc(CO)n2)cc(OC)c1OC. The van der Waals surface area contributed by atoms with Gasteiger partial charge in [0.25, 0.3) is 0 Å². The van der Waals surface area contributed by atoms with E-state index < -0.39 is 0 Å². The minimum atomic E-state index is -0.209. The van der Waals surface area contributed by atoms with E-state index in [4.69, 9.17) is 24.1 Å². The molecule has 7 nitrogen and oxygen atoms in total. The molecule has 0 aliphatic heterocycles. The molecule has 0 spiro atoms. The molecular formula is C14H16N2O5. The van der Waals surface area contributed by atoms with E-state index in [0.29, 0.717) is 28.7 Å². The topological polar surface area (TPSA) is 82.9 Å². The molecule has 0 saturated carbocycles. The zero-order chi connectivity index (χ0) is 15.2. The van der Waals surface area contributed by atoms with Gasteiger partial charge >= 0.3 is 0 Å². The molecule has 21 heavy (non-hydrogen) atoms. The fraction of sp³-hybridized carbons (Fsp3) is 0.286. The van der Waals surface area contributed by atoms with Gasteiger partial charge in [0.15, 0.2) is 11.5 Å². The highest BCUT2D eigenvalue weighted by molar-refractivity contribution is 5.56. The van der Waals surface area contributed by atoms with Gasteiger partial charge in [0, 0.05) is 12.1 Å². The highest BCUT2D eigenvalue weighted by atomic mass is 16.5. The van der Waals surface area contributed by atoms with Crippen LogP contribution in [0.2, 0.25) is 0 Å². The van der Waals surface area contributed by atoms with Gasteiger partial charge in [0.2, 0.25) is 11.6 Å². The Labute approximate surface area is 122 Å². The van der Waals surface area contributed by atoms with Gasteiger partial charge in [-0.15, -0.1) is 0 Å². The quantitative estimate of drug-likeness (QED) is 0.869. The summed E-state index contributed by atoms with van der Waals surface area (Å²) in [5, 5.41) is 9.05. The molecular weight excluding hydrogens is 276 g/mol. The van der Waals surface area contributed by atoms with Crippen LogP contribution in [0.3, 0.4) is 0 Å². The van der Waals surface area contributed by atoms with E-state index in [1.54, 1.807) is 12.1 Å². The summed E-state index contributed by atoms with van der Waals surface area (Å²) >= 11 is 0. The van der Waals surface area contributed by atoms with Crippen LogP contribution in [0.15, 0.2) is 24.5 Å². The summed E-state index contributed by atoms with van der Waals surface area (Å²) in [5.41, 5.74) is 0.417. The lowest BCUT2D eigenvalue weighted by molar-refractivity contribution is 0.274. The number of aliphatic hydroxyl groups is 1. The lowest BCUT2D eigenvalue weighted by Gasteiger charge is -2.14. The molecule has 1 N–H and O–H groups in total. The molecule has 1 aromatic carbocycles. The molecule has 7 heteroatoms. The molecule has 112 valence electrons. The Balaban J connectivity index is 2.35. The van der Waals surface area contributed by atoms with Crippen molar-refractivity contribution in [3.8, 4) is 28.9 Å². The Morgan fingerprint density at radius 3 is 2.19 bits per heavy atom. The first-order valence-electron chi connectivity index (χ1n) is 6.11. The van der Waals surface area contributed by atoms with Crippen LogP contribution in [0.4, 0.5) is 0 Å². The first kappa shape index (κ1) is 14.9. The molecule has 0 fully saturated rings. The van der Waals surface area contributed by atoms with Crippen LogP contribution < -0.4 is 18.9 Å². The van der Waals surface area contributed by atoms with Gasteiger partial charge in [-0.3, -0.25) is 4.98 Å². The van der Waals surface area contributed by atoms with Crippen molar-refractivity contribution in [2.75, 3.05) is 21.3 Å². The number of benzene rings is 1. The number of aromatic nitrogens is 2.